The van der Waals surface area contributed by atoms with Crippen LogP contribution in [0.5, 0.6) is 0 Å². The fraction of sp³-hybridized carbons (Fsp3) is 0.867. The molecule has 1 fully saturated rings. The van der Waals surface area contributed by atoms with Gasteiger partial charge in [-0.2, -0.15) is 0 Å². The summed E-state index contributed by atoms with van der Waals surface area (Å²) in [5.74, 6) is 0.545. The predicted molar refractivity (Wildman–Crippen MR) is 173 cm³/mol. The average molecular weight is 600 g/mol. The molecule has 9 heteroatoms. The molecule has 1 aliphatic carbocycles. The standard InChI is InChI=1S/C30H61NO5Si3/c1-12-13-16-19-25(34-37(3,4)5)22-23-27-26(28(31-33-2)24-29(27)35-38(6,7)8)20-17-14-15-18-21-30(32)36-39(9,10)11/h22-23,25-27,29H,12-21,24H2,1-11H3/b23-22+,31-28+/t25-,26+,27+,29+/m0/s1. The summed E-state index contributed by atoms with van der Waals surface area (Å²) in [6, 6.07) is 0. The van der Waals surface area contributed by atoms with E-state index in [1.54, 1.807) is 7.11 Å². The van der Waals surface area contributed by atoms with E-state index in [-0.39, 0.29) is 24.1 Å². The first kappa shape index (κ1) is 36.3. The van der Waals surface area contributed by atoms with Crippen LogP contribution in [-0.4, -0.2) is 56.0 Å². The molecule has 0 amide bonds. The molecule has 0 aliphatic heterocycles. The molecule has 0 aromatic heterocycles. The van der Waals surface area contributed by atoms with Crippen LogP contribution >= 0.6 is 0 Å². The van der Waals surface area contributed by atoms with Crippen LogP contribution in [0.15, 0.2) is 17.3 Å². The zero-order valence-corrected chi connectivity index (χ0v) is 30.2. The van der Waals surface area contributed by atoms with Crippen molar-refractivity contribution in [2.45, 2.75) is 149 Å². The van der Waals surface area contributed by atoms with Gasteiger partial charge in [-0.25, -0.2) is 0 Å². The lowest BCUT2D eigenvalue weighted by atomic mass is 9.88. The van der Waals surface area contributed by atoms with Crippen LogP contribution < -0.4 is 0 Å². The molecule has 1 rings (SSSR count). The highest BCUT2D eigenvalue weighted by atomic mass is 28.4. The summed E-state index contributed by atoms with van der Waals surface area (Å²) in [6.45, 7) is 22.0. The summed E-state index contributed by atoms with van der Waals surface area (Å²) in [6.07, 6.45) is 16.3. The molecule has 0 radical (unpaired) electrons. The van der Waals surface area contributed by atoms with E-state index in [0.29, 0.717) is 12.3 Å². The molecular formula is C30H61NO5Si3. The molecule has 228 valence electrons. The van der Waals surface area contributed by atoms with E-state index >= 15 is 0 Å². The van der Waals surface area contributed by atoms with Crippen molar-refractivity contribution >= 4 is 36.6 Å². The van der Waals surface area contributed by atoms with Crippen molar-refractivity contribution in [3.05, 3.63) is 12.2 Å². The molecule has 0 bridgehead atoms. The van der Waals surface area contributed by atoms with Crippen LogP contribution in [0.3, 0.4) is 0 Å². The third-order valence-electron chi connectivity index (χ3n) is 6.66. The van der Waals surface area contributed by atoms with Crippen molar-refractivity contribution in [2.75, 3.05) is 7.11 Å². The van der Waals surface area contributed by atoms with Gasteiger partial charge >= 0.3 is 0 Å². The SMILES string of the molecule is CCCCC[C@@H](/C=C/[C@H]1[C@H](O[Si](C)(C)C)C/C(=N\OC)[C@@H]1CCCCCCC(=O)O[Si](C)(C)C)O[Si](C)(C)C. The molecule has 0 heterocycles. The number of oxime groups is 1. The summed E-state index contributed by atoms with van der Waals surface area (Å²) in [4.78, 5) is 17.4. The van der Waals surface area contributed by atoms with Gasteiger partial charge in [-0.05, 0) is 78.2 Å². The fourth-order valence-electron chi connectivity index (χ4n) is 5.26. The second kappa shape index (κ2) is 17.3. The van der Waals surface area contributed by atoms with E-state index < -0.39 is 25.0 Å². The van der Waals surface area contributed by atoms with Crippen molar-refractivity contribution in [1.82, 2.24) is 0 Å². The van der Waals surface area contributed by atoms with Gasteiger partial charge < -0.3 is 18.1 Å². The zero-order valence-electron chi connectivity index (χ0n) is 27.2. The molecule has 1 aliphatic rings. The Bertz CT molecular complexity index is 768. The summed E-state index contributed by atoms with van der Waals surface area (Å²) in [7, 11) is -3.55. The highest BCUT2D eigenvalue weighted by Gasteiger charge is 2.42. The molecule has 6 nitrogen and oxygen atoms in total. The molecule has 0 spiro atoms. The van der Waals surface area contributed by atoms with Gasteiger partial charge in [-0.3, -0.25) is 4.79 Å². The third-order valence-corrected chi connectivity index (χ3v) is 9.52. The molecule has 39 heavy (non-hydrogen) atoms. The predicted octanol–water partition coefficient (Wildman–Crippen LogP) is 8.92. The minimum absolute atomic E-state index is 0.0370. The lowest BCUT2D eigenvalue weighted by molar-refractivity contribution is -0.135. The Balaban J connectivity index is 2.95. The van der Waals surface area contributed by atoms with E-state index in [1.807, 2.05) is 0 Å². The van der Waals surface area contributed by atoms with E-state index in [0.717, 1.165) is 50.7 Å². The van der Waals surface area contributed by atoms with Crippen molar-refractivity contribution in [3.63, 3.8) is 0 Å². The molecular weight excluding hydrogens is 539 g/mol. The van der Waals surface area contributed by atoms with Gasteiger partial charge in [0.25, 0.3) is 5.97 Å². The van der Waals surface area contributed by atoms with Gasteiger partial charge in [0, 0.05) is 24.7 Å². The van der Waals surface area contributed by atoms with Gasteiger partial charge in [0.2, 0.25) is 8.32 Å². The maximum Gasteiger partial charge on any atom is 0.292 e. The summed E-state index contributed by atoms with van der Waals surface area (Å²) in [5.41, 5.74) is 1.13. The van der Waals surface area contributed by atoms with E-state index in [4.69, 9.17) is 18.1 Å². The Morgan fingerprint density at radius 2 is 1.59 bits per heavy atom. The fourth-order valence-corrected chi connectivity index (χ4v) is 8.30. The Kier molecular flexibility index (Phi) is 16.1. The van der Waals surface area contributed by atoms with Crippen LogP contribution in [-0.2, 0) is 22.9 Å². The summed E-state index contributed by atoms with van der Waals surface area (Å²) < 4.78 is 18.9. The minimum Gasteiger partial charge on any atom is -0.520 e. The molecule has 1 saturated carbocycles. The second-order valence-electron chi connectivity index (χ2n) is 14.1. The lowest BCUT2D eigenvalue weighted by Gasteiger charge is -2.29. The molecule has 4 atom stereocenters. The Morgan fingerprint density at radius 1 is 0.923 bits per heavy atom. The monoisotopic (exact) mass is 599 g/mol. The van der Waals surface area contributed by atoms with Gasteiger partial charge in [-0.15, -0.1) is 0 Å². The van der Waals surface area contributed by atoms with Crippen molar-refractivity contribution < 1.29 is 22.9 Å². The maximum absolute atomic E-state index is 12.1. The topological polar surface area (TPSA) is 66.4 Å². The molecule has 0 unspecified atom stereocenters. The smallest absolute Gasteiger partial charge is 0.292 e. The third kappa shape index (κ3) is 17.0. The van der Waals surface area contributed by atoms with Crippen LogP contribution in [0.4, 0.5) is 0 Å². The quantitative estimate of drug-likeness (QED) is 0.0642. The maximum atomic E-state index is 12.1. The first-order valence-corrected chi connectivity index (χ1v) is 25.6. The second-order valence-corrected chi connectivity index (χ2v) is 27.5. The molecule has 0 saturated heterocycles. The largest absolute Gasteiger partial charge is 0.520 e. The van der Waals surface area contributed by atoms with Gasteiger partial charge in [0.1, 0.15) is 7.11 Å². The van der Waals surface area contributed by atoms with E-state index in [2.05, 4.69) is 83.2 Å². The number of rotatable bonds is 19. The summed E-state index contributed by atoms with van der Waals surface area (Å²) in [5, 5.41) is 4.49. The first-order chi connectivity index (χ1) is 18.0. The number of hydrogen-bond acceptors (Lipinski definition) is 6. The van der Waals surface area contributed by atoms with Crippen LogP contribution in [0, 0.1) is 11.8 Å². The zero-order chi connectivity index (χ0) is 29.7. The average Bonchev–Trinajstić information content (AvgIpc) is 3.06. The van der Waals surface area contributed by atoms with E-state index in [9.17, 15) is 4.79 Å². The number of unbranched alkanes of at least 4 members (excludes halogenated alkanes) is 5. The Morgan fingerprint density at radius 3 is 2.15 bits per heavy atom. The normalized spacial score (nSPS) is 22.5. The van der Waals surface area contributed by atoms with Gasteiger partial charge in [0.05, 0.1) is 17.9 Å². The highest BCUT2D eigenvalue weighted by molar-refractivity contribution is 6.71. The number of hydrogen-bond donors (Lipinski definition) is 0. The van der Waals surface area contributed by atoms with Crippen molar-refractivity contribution in [3.8, 4) is 0 Å². The first-order valence-electron chi connectivity index (χ1n) is 15.4. The van der Waals surface area contributed by atoms with Crippen LogP contribution in [0.1, 0.15) is 77.6 Å². The lowest BCUT2D eigenvalue weighted by Crippen LogP contribution is -2.35. The molecule has 0 aromatic carbocycles. The number of carbonyl (C=O) groups is 1. The van der Waals surface area contributed by atoms with E-state index in [1.165, 1.54) is 19.3 Å². The number of carbonyl (C=O) groups excluding carboxylic acids is 1. The minimum atomic E-state index is -1.80. The van der Waals surface area contributed by atoms with Crippen molar-refractivity contribution in [1.29, 1.82) is 0 Å². The van der Waals surface area contributed by atoms with Gasteiger partial charge in [-0.1, -0.05) is 62.8 Å². The molecule has 0 aromatic rings. The summed E-state index contributed by atoms with van der Waals surface area (Å²) >= 11 is 0. The van der Waals surface area contributed by atoms with Crippen molar-refractivity contribution in [2.24, 2.45) is 17.0 Å². The Labute approximate surface area is 244 Å². The Hall–Kier alpha value is -0.749. The van der Waals surface area contributed by atoms with Crippen LogP contribution in [0.25, 0.3) is 0 Å². The highest BCUT2D eigenvalue weighted by Crippen LogP contribution is 2.39. The van der Waals surface area contributed by atoms with Crippen LogP contribution in [0.2, 0.25) is 58.9 Å². The molecule has 0 N–H and O–H groups in total. The van der Waals surface area contributed by atoms with Gasteiger partial charge in [0.15, 0.2) is 16.6 Å². The number of nitrogens with zero attached hydrogens (tertiary/aromatic N) is 1.